The van der Waals surface area contributed by atoms with Crippen LogP contribution in [0.2, 0.25) is 0 Å². The second-order valence-corrected chi connectivity index (χ2v) is 5.50. The summed E-state index contributed by atoms with van der Waals surface area (Å²) in [7, 11) is 0. The van der Waals surface area contributed by atoms with Gasteiger partial charge in [0.1, 0.15) is 5.75 Å². The Labute approximate surface area is 109 Å². The zero-order valence-electron chi connectivity index (χ0n) is 10.9. The summed E-state index contributed by atoms with van der Waals surface area (Å²) in [5.74, 6) is 1.62. The highest BCUT2D eigenvalue weighted by molar-refractivity contribution is 5.15. The van der Waals surface area contributed by atoms with Crippen LogP contribution < -0.4 is 4.74 Å². The van der Waals surface area contributed by atoms with Crippen LogP contribution in [0.25, 0.3) is 0 Å². The zero-order chi connectivity index (χ0) is 12.2. The van der Waals surface area contributed by atoms with Crippen molar-refractivity contribution >= 4 is 0 Å². The molecular formula is C15H22N2O. The third kappa shape index (κ3) is 2.66. The van der Waals surface area contributed by atoms with Crippen LogP contribution in [-0.4, -0.2) is 35.6 Å². The van der Waals surface area contributed by atoms with Gasteiger partial charge in [-0.25, -0.2) is 0 Å². The Bertz CT molecular complexity index is 366. The Morgan fingerprint density at radius 1 is 1.22 bits per heavy atom. The summed E-state index contributed by atoms with van der Waals surface area (Å²) >= 11 is 0. The maximum atomic E-state index is 5.91. The number of aromatic nitrogens is 1. The molecule has 2 aliphatic rings. The predicted molar refractivity (Wildman–Crippen MR) is 71.7 cm³/mol. The summed E-state index contributed by atoms with van der Waals surface area (Å²) in [6.07, 6.45) is 10.4. The zero-order valence-corrected chi connectivity index (χ0v) is 10.9. The van der Waals surface area contributed by atoms with E-state index in [2.05, 4.69) is 9.88 Å². The summed E-state index contributed by atoms with van der Waals surface area (Å²) < 4.78 is 5.91. The molecule has 3 heterocycles. The minimum absolute atomic E-state index is 0.708. The van der Waals surface area contributed by atoms with Crippen molar-refractivity contribution in [2.24, 2.45) is 5.92 Å². The molecule has 18 heavy (non-hydrogen) atoms. The lowest BCUT2D eigenvalue weighted by Gasteiger charge is -2.44. The number of hydrogen-bond acceptors (Lipinski definition) is 3. The number of fused-ring (bicyclic) bond motifs is 1. The van der Waals surface area contributed by atoms with Gasteiger partial charge in [0, 0.05) is 18.2 Å². The molecule has 98 valence electrons. The lowest BCUT2D eigenvalue weighted by atomic mass is 9.84. The van der Waals surface area contributed by atoms with E-state index in [0.717, 1.165) is 18.4 Å². The summed E-state index contributed by atoms with van der Waals surface area (Å²) in [5, 5.41) is 0. The number of ether oxygens (including phenoxy) is 1. The van der Waals surface area contributed by atoms with Crippen LogP contribution in [0.4, 0.5) is 0 Å². The van der Waals surface area contributed by atoms with Crippen molar-refractivity contribution in [3.8, 4) is 5.75 Å². The first-order chi connectivity index (χ1) is 8.93. The van der Waals surface area contributed by atoms with Crippen molar-refractivity contribution in [1.82, 2.24) is 9.88 Å². The number of piperidine rings is 2. The first kappa shape index (κ1) is 12.0. The highest BCUT2D eigenvalue weighted by Crippen LogP contribution is 2.31. The molecular weight excluding hydrogens is 224 g/mol. The summed E-state index contributed by atoms with van der Waals surface area (Å²) in [4.78, 5) is 6.78. The van der Waals surface area contributed by atoms with Gasteiger partial charge in [0.2, 0.25) is 0 Å². The van der Waals surface area contributed by atoms with Gasteiger partial charge in [0.15, 0.2) is 0 Å². The van der Waals surface area contributed by atoms with Gasteiger partial charge >= 0.3 is 0 Å². The maximum Gasteiger partial charge on any atom is 0.137 e. The van der Waals surface area contributed by atoms with Gasteiger partial charge in [-0.05, 0) is 50.9 Å². The van der Waals surface area contributed by atoms with Gasteiger partial charge in [-0.1, -0.05) is 6.42 Å². The van der Waals surface area contributed by atoms with E-state index in [9.17, 15) is 0 Å². The van der Waals surface area contributed by atoms with E-state index in [4.69, 9.17) is 4.74 Å². The average Bonchev–Trinajstić information content (AvgIpc) is 2.46. The van der Waals surface area contributed by atoms with Crippen LogP contribution in [0.5, 0.6) is 5.75 Å². The molecule has 1 aromatic heterocycles. The van der Waals surface area contributed by atoms with E-state index >= 15 is 0 Å². The van der Waals surface area contributed by atoms with Crippen molar-refractivity contribution in [3.05, 3.63) is 24.5 Å². The molecule has 2 aliphatic heterocycles. The fourth-order valence-electron chi connectivity index (χ4n) is 3.41. The van der Waals surface area contributed by atoms with E-state index in [1.165, 1.54) is 45.2 Å². The van der Waals surface area contributed by atoms with Gasteiger partial charge in [-0.15, -0.1) is 0 Å². The van der Waals surface area contributed by atoms with Crippen molar-refractivity contribution < 1.29 is 4.74 Å². The molecule has 2 atom stereocenters. The fraction of sp³-hybridized carbons (Fsp3) is 0.667. The summed E-state index contributed by atoms with van der Waals surface area (Å²) in [6.45, 7) is 3.45. The predicted octanol–water partition coefficient (Wildman–Crippen LogP) is 2.72. The Balaban J connectivity index is 1.58. The first-order valence-corrected chi connectivity index (χ1v) is 7.20. The minimum atomic E-state index is 0.708. The Kier molecular flexibility index (Phi) is 3.79. The van der Waals surface area contributed by atoms with Crippen LogP contribution in [0.1, 0.15) is 32.1 Å². The molecule has 0 bridgehead atoms. The molecule has 2 saturated heterocycles. The normalized spacial score (nSPS) is 28.7. The third-order valence-corrected chi connectivity index (χ3v) is 4.33. The molecule has 0 saturated carbocycles. The molecule has 0 radical (unpaired) electrons. The number of nitrogens with zero attached hydrogens (tertiary/aromatic N) is 2. The van der Waals surface area contributed by atoms with Gasteiger partial charge in [0.05, 0.1) is 12.8 Å². The lowest BCUT2D eigenvalue weighted by Crippen LogP contribution is -2.49. The number of pyridine rings is 1. The van der Waals surface area contributed by atoms with Crippen LogP contribution in [0, 0.1) is 5.92 Å². The molecule has 3 nitrogen and oxygen atoms in total. The van der Waals surface area contributed by atoms with Crippen molar-refractivity contribution in [2.45, 2.75) is 38.1 Å². The monoisotopic (exact) mass is 246 g/mol. The van der Waals surface area contributed by atoms with Crippen molar-refractivity contribution in [2.75, 3.05) is 19.7 Å². The van der Waals surface area contributed by atoms with Gasteiger partial charge in [0.25, 0.3) is 0 Å². The standard InChI is InChI=1S/C15H22N2O/c1-2-9-17-10-4-5-13(15(17)7-1)12-18-14-6-3-8-16-11-14/h3,6,8,11,13,15H,1-2,4-5,7,9-10,12H2. The molecule has 0 spiro atoms. The quantitative estimate of drug-likeness (QED) is 0.820. The van der Waals surface area contributed by atoms with Gasteiger partial charge < -0.3 is 4.74 Å². The Morgan fingerprint density at radius 3 is 3.06 bits per heavy atom. The minimum Gasteiger partial charge on any atom is -0.492 e. The topological polar surface area (TPSA) is 25.4 Å². The second-order valence-electron chi connectivity index (χ2n) is 5.50. The second kappa shape index (κ2) is 5.70. The highest BCUT2D eigenvalue weighted by atomic mass is 16.5. The van der Waals surface area contributed by atoms with Crippen LogP contribution in [0.15, 0.2) is 24.5 Å². The van der Waals surface area contributed by atoms with E-state index in [0.29, 0.717) is 5.92 Å². The molecule has 2 fully saturated rings. The first-order valence-electron chi connectivity index (χ1n) is 7.20. The van der Waals surface area contributed by atoms with Crippen LogP contribution in [-0.2, 0) is 0 Å². The Morgan fingerprint density at radius 2 is 2.17 bits per heavy atom. The van der Waals surface area contributed by atoms with Crippen molar-refractivity contribution in [3.63, 3.8) is 0 Å². The molecule has 3 rings (SSSR count). The van der Waals surface area contributed by atoms with Crippen LogP contribution >= 0.6 is 0 Å². The average molecular weight is 246 g/mol. The smallest absolute Gasteiger partial charge is 0.137 e. The lowest BCUT2D eigenvalue weighted by molar-refractivity contribution is 0.0365. The molecule has 3 heteroatoms. The molecule has 1 aromatic rings. The van der Waals surface area contributed by atoms with Gasteiger partial charge in [-0.2, -0.15) is 0 Å². The van der Waals surface area contributed by atoms with Crippen LogP contribution in [0.3, 0.4) is 0 Å². The largest absolute Gasteiger partial charge is 0.492 e. The van der Waals surface area contributed by atoms with E-state index < -0.39 is 0 Å². The molecule has 0 aromatic carbocycles. The SMILES string of the molecule is c1cncc(OCC2CCCN3CCCCC23)c1. The molecule has 0 N–H and O–H groups in total. The molecule has 0 amide bonds. The van der Waals surface area contributed by atoms with Gasteiger partial charge in [-0.3, -0.25) is 9.88 Å². The highest BCUT2D eigenvalue weighted by Gasteiger charge is 2.33. The molecule has 0 aliphatic carbocycles. The Hall–Kier alpha value is -1.09. The molecule has 2 unspecified atom stereocenters. The van der Waals surface area contributed by atoms with E-state index in [1.807, 2.05) is 18.3 Å². The van der Waals surface area contributed by atoms with E-state index in [-0.39, 0.29) is 0 Å². The number of rotatable bonds is 3. The third-order valence-electron chi connectivity index (χ3n) is 4.33. The summed E-state index contributed by atoms with van der Waals surface area (Å²) in [5.41, 5.74) is 0. The van der Waals surface area contributed by atoms with E-state index in [1.54, 1.807) is 6.20 Å². The van der Waals surface area contributed by atoms with Crippen molar-refractivity contribution in [1.29, 1.82) is 0 Å². The number of hydrogen-bond donors (Lipinski definition) is 0. The fourth-order valence-corrected chi connectivity index (χ4v) is 3.41. The maximum absolute atomic E-state index is 5.91. The summed E-state index contributed by atoms with van der Waals surface area (Å²) in [6, 6.07) is 4.70.